The molecule has 0 bridgehead atoms. The lowest BCUT2D eigenvalue weighted by Crippen LogP contribution is -2.48. The zero-order valence-corrected chi connectivity index (χ0v) is 12.5. The van der Waals surface area contributed by atoms with Gasteiger partial charge in [0.05, 0.1) is 24.3 Å². The van der Waals surface area contributed by atoms with Crippen LogP contribution in [0.4, 0.5) is 5.69 Å². The number of imidazole rings is 1. The van der Waals surface area contributed by atoms with Crippen LogP contribution in [0.1, 0.15) is 18.9 Å². The van der Waals surface area contributed by atoms with Crippen molar-refractivity contribution in [2.75, 3.05) is 31.1 Å². The molecule has 0 aliphatic carbocycles. The Balaban J connectivity index is 1.29. The van der Waals surface area contributed by atoms with Gasteiger partial charge in [0.2, 0.25) is 5.91 Å². The first-order valence-electron chi connectivity index (χ1n) is 7.82. The molecule has 0 aromatic carbocycles. The van der Waals surface area contributed by atoms with E-state index >= 15 is 0 Å². The Bertz CT molecular complexity index is 643. The van der Waals surface area contributed by atoms with E-state index in [2.05, 4.69) is 19.5 Å². The summed E-state index contributed by atoms with van der Waals surface area (Å²) in [5.74, 6) is 0.218. The molecule has 4 rings (SSSR count). The van der Waals surface area contributed by atoms with Crippen molar-refractivity contribution in [3.8, 4) is 0 Å². The molecule has 7 nitrogen and oxygen atoms in total. The molecule has 4 heterocycles. The standard InChI is InChI=1S/C15H20N6O/c22-15-2-1-4-20(15)13-8-17-21(11-13)14-9-19(10-14)7-6-18-5-3-16-12-18/h3,5,8,11-12,14H,1-2,4,6-7,9-10H2. The van der Waals surface area contributed by atoms with Crippen LogP contribution in [0.2, 0.25) is 0 Å². The Hall–Kier alpha value is -2.15. The first-order chi connectivity index (χ1) is 10.8. The molecule has 2 saturated heterocycles. The van der Waals surface area contributed by atoms with Crippen LogP contribution >= 0.6 is 0 Å². The van der Waals surface area contributed by atoms with Gasteiger partial charge in [-0.1, -0.05) is 0 Å². The van der Waals surface area contributed by atoms with Gasteiger partial charge < -0.3 is 9.47 Å². The normalized spacial score (nSPS) is 19.8. The summed E-state index contributed by atoms with van der Waals surface area (Å²) in [6, 6.07) is 0.425. The van der Waals surface area contributed by atoms with Crippen LogP contribution in [0.15, 0.2) is 31.1 Å². The molecule has 22 heavy (non-hydrogen) atoms. The van der Waals surface area contributed by atoms with Gasteiger partial charge in [-0.2, -0.15) is 5.10 Å². The van der Waals surface area contributed by atoms with Crippen molar-refractivity contribution >= 4 is 11.6 Å². The predicted molar refractivity (Wildman–Crippen MR) is 81.5 cm³/mol. The highest BCUT2D eigenvalue weighted by Gasteiger charge is 2.29. The lowest BCUT2D eigenvalue weighted by atomic mass is 10.1. The van der Waals surface area contributed by atoms with Gasteiger partial charge in [-0.3, -0.25) is 14.4 Å². The summed E-state index contributed by atoms with van der Waals surface area (Å²) in [7, 11) is 0. The van der Waals surface area contributed by atoms with Gasteiger partial charge in [0, 0.05) is 57.7 Å². The molecule has 2 fully saturated rings. The number of carbonyl (C=O) groups excluding carboxylic acids is 1. The van der Waals surface area contributed by atoms with Gasteiger partial charge in [-0.15, -0.1) is 0 Å². The molecule has 116 valence electrons. The zero-order chi connectivity index (χ0) is 14.9. The SMILES string of the molecule is O=C1CCCN1c1cnn(C2CN(CCn3ccnc3)C2)c1. The van der Waals surface area contributed by atoms with E-state index in [0.29, 0.717) is 12.5 Å². The van der Waals surface area contributed by atoms with E-state index in [1.807, 2.05) is 40.7 Å². The van der Waals surface area contributed by atoms with Crippen LogP contribution < -0.4 is 4.90 Å². The van der Waals surface area contributed by atoms with Gasteiger partial charge in [-0.25, -0.2) is 4.98 Å². The Morgan fingerprint density at radius 1 is 1.27 bits per heavy atom. The fourth-order valence-electron chi connectivity index (χ4n) is 3.16. The number of aromatic nitrogens is 4. The van der Waals surface area contributed by atoms with Crippen LogP contribution in [0.3, 0.4) is 0 Å². The highest BCUT2D eigenvalue weighted by atomic mass is 16.2. The summed E-state index contributed by atoms with van der Waals surface area (Å²) in [6.45, 7) is 4.87. The molecule has 1 amide bonds. The first kappa shape index (κ1) is 13.5. The number of rotatable bonds is 5. The van der Waals surface area contributed by atoms with Gasteiger partial charge >= 0.3 is 0 Å². The van der Waals surface area contributed by atoms with Crippen molar-refractivity contribution in [2.45, 2.75) is 25.4 Å². The summed E-state index contributed by atoms with van der Waals surface area (Å²) in [6.07, 6.45) is 11.1. The third-order valence-corrected chi connectivity index (χ3v) is 4.52. The maximum absolute atomic E-state index is 11.8. The van der Waals surface area contributed by atoms with Gasteiger partial charge in [0.25, 0.3) is 0 Å². The van der Waals surface area contributed by atoms with Crippen molar-refractivity contribution in [2.24, 2.45) is 0 Å². The Morgan fingerprint density at radius 2 is 2.18 bits per heavy atom. The lowest BCUT2D eigenvalue weighted by Gasteiger charge is -2.39. The Kier molecular flexibility index (Phi) is 3.42. The summed E-state index contributed by atoms with van der Waals surface area (Å²) >= 11 is 0. The first-order valence-corrected chi connectivity index (χ1v) is 7.82. The zero-order valence-electron chi connectivity index (χ0n) is 12.5. The van der Waals surface area contributed by atoms with E-state index in [0.717, 1.165) is 44.8 Å². The van der Waals surface area contributed by atoms with Crippen LogP contribution in [-0.4, -0.2) is 56.3 Å². The van der Waals surface area contributed by atoms with E-state index in [9.17, 15) is 4.79 Å². The minimum atomic E-state index is 0.218. The number of nitrogens with zero attached hydrogens (tertiary/aromatic N) is 6. The van der Waals surface area contributed by atoms with Crippen LogP contribution in [0.25, 0.3) is 0 Å². The van der Waals surface area contributed by atoms with E-state index < -0.39 is 0 Å². The molecule has 0 radical (unpaired) electrons. The molecule has 2 aliphatic heterocycles. The van der Waals surface area contributed by atoms with E-state index in [1.54, 1.807) is 0 Å². The molecule has 0 saturated carbocycles. The predicted octanol–water partition coefficient (Wildman–Crippen LogP) is 0.763. The minimum absolute atomic E-state index is 0.218. The molecule has 2 aromatic rings. The summed E-state index contributed by atoms with van der Waals surface area (Å²) < 4.78 is 4.10. The third-order valence-electron chi connectivity index (χ3n) is 4.52. The second-order valence-corrected chi connectivity index (χ2v) is 6.04. The maximum Gasteiger partial charge on any atom is 0.227 e. The second kappa shape index (κ2) is 5.57. The Labute approximate surface area is 129 Å². The van der Waals surface area contributed by atoms with E-state index in [-0.39, 0.29) is 5.91 Å². The monoisotopic (exact) mass is 300 g/mol. The van der Waals surface area contributed by atoms with Crippen molar-refractivity contribution in [1.29, 1.82) is 0 Å². The van der Waals surface area contributed by atoms with Gasteiger partial charge in [-0.05, 0) is 6.42 Å². The molecule has 0 spiro atoms. The molecule has 2 aromatic heterocycles. The number of amides is 1. The Morgan fingerprint density at radius 3 is 2.91 bits per heavy atom. The summed E-state index contributed by atoms with van der Waals surface area (Å²) in [5, 5.41) is 4.44. The summed E-state index contributed by atoms with van der Waals surface area (Å²) in [4.78, 5) is 20.1. The highest BCUT2D eigenvalue weighted by molar-refractivity contribution is 5.95. The fraction of sp³-hybridized carbons (Fsp3) is 0.533. The lowest BCUT2D eigenvalue weighted by molar-refractivity contribution is -0.117. The molecule has 0 atom stereocenters. The molecule has 2 aliphatic rings. The van der Waals surface area contributed by atoms with Crippen LogP contribution in [-0.2, 0) is 11.3 Å². The number of carbonyl (C=O) groups is 1. The van der Waals surface area contributed by atoms with Crippen molar-refractivity contribution < 1.29 is 4.79 Å². The smallest absolute Gasteiger partial charge is 0.227 e. The van der Waals surface area contributed by atoms with Crippen molar-refractivity contribution in [3.63, 3.8) is 0 Å². The number of hydrogen-bond acceptors (Lipinski definition) is 4. The quantitative estimate of drug-likeness (QED) is 0.818. The van der Waals surface area contributed by atoms with E-state index in [1.165, 1.54) is 0 Å². The molecular weight excluding hydrogens is 280 g/mol. The largest absolute Gasteiger partial charge is 0.336 e. The fourth-order valence-corrected chi connectivity index (χ4v) is 3.16. The number of hydrogen-bond donors (Lipinski definition) is 0. The van der Waals surface area contributed by atoms with Gasteiger partial charge in [0.1, 0.15) is 0 Å². The van der Waals surface area contributed by atoms with Crippen LogP contribution in [0.5, 0.6) is 0 Å². The number of likely N-dealkylation sites (tertiary alicyclic amines) is 1. The van der Waals surface area contributed by atoms with Crippen LogP contribution in [0, 0.1) is 0 Å². The topological polar surface area (TPSA) is 59.2 Å². The summed E-state index contributed by atoms with van der Waals surface area (Å²) in [5.41, 5.74) is 0.944. The molecule has 0 N–H and O–H groups in total. The third kappa shape index (κ3) is 2.52. The average molecular weight is 300 g/mol. The van der Waals surface area contributed by atoms with Crippen molar-refractivity contribution in [3.05, 3.63) is 31.1 Å². The average Bonchev–Trinajstić information content (AvgIpc) is 3.17. The molecule has 7 heteroatoms. The maximum atomic E-state index is 11.8. The molecular formula is C15H20N6O. The van der Waals surface area contributed by atoms with E-state index in [4.69, 9.17) is 0 Å². The van der Waals surface area contributed by atoms with Gasteiger partial charge in [0.15, 0.2) is 0 Å². The highest BCUT2D eigenvalue weighted by Crippen LogP contribution is 2.25. The minimum Gasteiger partial charge on any atom is -0.336 e. The van der Waals surface area contributed by atoms with Crippen molar-refractivity contribution in [1.82, 2.24) is 24.2 Å². The second-order valence-electron chi connectivity index (χ2n) is 6.04. The molecule has 0 unspecified atom stereocenters. The number of anilines is 1.